The second kappa shape index (κ2) is 6.29. The molecule has 0 bridgehead atoms. The van der Waals surface area contributed by atoms with Gasteiger partial charge in [-0.1, -0.05) is 19.9 Å². The van der Waals surface area contributed by atoms with Crippen molar-refractivity contribution >= 4 is 5.78 Å². The van der Waals surface area contributed by atoms with E-state index in [9.17, 15) is 14.9 Å². The molecule has 0 heterocycles. The molecule has 0 aliphatic carbocycles. The van der Waals surface area contributed by atoms with Gasteiger partial charge in [0.05, 0.1) is 0 Å². The van der Waals surface area contributed by atoms with Crippen LogP contribution in [0.15, 0.2) is 11.6 Å². The fraction of sp³-hybridized carbons (Fsp3) is 0.700. The van der Waals surface area contributed by atoms with Crippen molar-refractivity contribution < 1.29 is 9.72 Å². The fourth-order valence-electron chi connectivity index (χ4n) is 1.24. The Hall–Kier alpha value is -1.19. The van der Waals surface area contributed by atoms with E-state index in [0.717, 1.165) is 6.42 Å². The predicted molar refractivity (Wildman–Crippen MR) is 54.7 cm³/mol. The van der Waals surface area contributed by atoms with E-state index in [1.165, 1.54) is 6.92 Å². The van der Waals surface area contributed by atoms with Crippen LogP contribution in [-0.4, -0.2) is 16.7 Å². The molecule has 0 saturated heterocycles. The van der Waals surface area contributed by atoms with E-state index in [1.807, 2.05) is 6.92 Å². The number of carbonyl (C=O) groups is 1. The van der Waals surface area contributed by atoms with Gasteiger partial charge in [-0.2, -0.15) is 0 Å². The minimum absolute atomic E-state index is 0.0628. The molecule has 14 heavy (non-hydrogen) atoms. The first-order valence-corrected chi connectivity index (χ1v) is 4.86. The minimum atomic E-state index is -0.628. The number of rotatable bonds is 6. The van der Waals surface area contributed by atoms with E-state index in [2.05, 4.69) is 0 Å². The zero-order chi connectivity index (χ0) is 11.1. The number of Topliss-reactive ketones (excluding diaryl/α,β-unsaturated/α-hetero) is 1. The van der Waals surface area contributed by atoms with Crippen molar-refractivity contribution in [3.8, 4) is 0 Å². The van der Waals surface area contributed by atoms with Crippen LogP contribution in [0.2, 0.25) is 0 Å². The van der Waals surface area contributed by atoms with Crippen LogP contribution in [0.4, 0.5) is 0 Å². The number of hydrogen-bond donors (Lipinski definition) is 0. The van der Waals surface area contributed by atoms with Crippen molar-refractivity contribution in [2.24, 2.45) is 0 Å². The van der Waals surface area contributed by atoms with Gasteiger partial charge in [0.2, 0.25) is 6.04 Å². The van der Waals surface area contributed by atoms with Gasteiger partial charge in [-0.05, 0) is 18.9 Å². The standard InChI is InChI=1S/C10H17NO3/c1-4-6-9(8(3)12)7-10(5-2)11(13)14/h6,10H,4-5,7H2,1-3H3/b9-6+. The molecule has 0 rings (SSSR count). The van der Waals surface area contributed by atoms with Gasteiger partial charge in [-0.15, -0.1) is 0 Å². The van der Waals surface area contributed by atoms with Crippen LogP contribution in [0.25, 0.3) is 0 Å². The maximum atomic E-state index is 11.1. The van der Waals surface area contributed by atoms with E-state index in [4.69, 9.17) is 0 Å². The number of ketones is 1. The maximum Gasteiger partial charge on any atom is 0.217 e. The quantitative estimate of drug-likeness (QED) is 0.375. The van der Waals surface area contributed by atoms with E-state index in [0.29, 0.717) is 12.0 Å². The molecule has 0 aromatic heterocycles. The van der Waals surface area contributed by atoms with Gasteiger partial charge in [-0.3, -0.25) is 14.9 Å². The molecule has 0 radical (unpaired) electrons. The lowest BCUT2D eigenvalue weighted by molar-refractivity contribution is -0.522. The van der Waals surface area contributed by atoms with Crippen molar-refractivity contribution in [3.63, 3.8) is 0 Å². The topological polar surface area (TPSA) is 60.2 Å². The summed E-state index contributed by atoms with van der Waals surface area (Å²) in [5.74, 6) is -0.0628. The monoisotopic (exact) mass is 199 g/mol. The van der Waals surface area contributed by atoms with Crippen molar-refractivity contribution in [1.29, 1.82) is 0 Å². The Morgan fingerprint density at radius 3 is 2.36 bits per heavy atom. The van der Waals surface area contributed by atoms with E-state index in [1.54, 1.807) is 13.0 Å². The highest BCUT2D eigenvalue weighted by molar-refractivity contribution is 5.93. The van der Waals surface area contributed by atoms with Crippen molar-refractivity contribution in [2.75, 3.05) is 0 Å². The highest BCUT2D eigenvalue weighted by Gasteiger charge is 2.20. The summed E-state index contributed by atoms with van der Waals surface area (Å²) in [6.07, 6.45) is 3.23. The van der Waals surface area contributed by atoms with Crippen LogP contribution >= 0.6 is 0 Å². The second-order valence-electron chi connectivity index (χ2n) is 3.25. The molecule has 0 saturated carbocycles. The van der Waals surface area contributed by atoms with Crippen LogP contribution in [0.5, 0.6) is 0 Å². The highest BCUT2D eigenvalue weighted by Crippen LogP contribution is 2.12. The molecule has 0 spiro atoms. The number of allylic oxidation sites excluding steroid dienone is 1. The second-order valence-corrected chi connectivity index (χ2v) is 3.25. The predicted octanol–water partition coefficient (Wildman–Crippen LogP) is 2.36. The SMILES string of the molecule is CC/C=C(\CC(CC)[N+](=O)[O-])C(C)=O. The Morgan fingerprint density at radius 2 is 2.07 bits per heavy atom. The smallest absolute Gasteiger partial charge is 0.217 e. The summed E-state index contributed by atoms with van der Waals surface area (Å²) >= 11 is 0. The summed E-state index contributed by atoms with van der Waals surface area (Å²) in [5, 5.41) is 10.6. The zero-order valence-electron chi connectivity index (χ0n) is 8.95. The molecule has 0 aromatic carbocycles. The van der Waals surface area contributed by atoms with Gasteiger partial charge in [0.1, 0.15) is 0 Å². The Balaban J connectivity index is 4.50. The molecule has 4 heteroatoms. The first kappa shape index (κ1) is 12.8. The van der Waals surface area contributed by atoms with Gasteiger partial charge in [-0.25, -0.2) is 0 Å². The molecule has 1 atom stereocenters. The van der Waals surface area contributed by atoms with Crippen molar-refractivity contribution in [3.05, 3.63) is 21.8 Å². The molecule has 0 fully saturated rings. The molecule has 80 valence electrons. The fourth-order valence-corrected chi connectivity index (χ4v) is 1.24. The first-order chi connectivity index (χ1) is 6.52. The molecule has 0 aliphatic rings. The summed E-state index contributed by atoms with van der Waals surface area (Å²) in [4.78, 5) is 21.4. The van der Waals surface area contributed by atoms with Gasteiger partial charge >= 0.3 is 0 Å². The zero-order valence-corrected chi connectivity index (χ0v) is 8.95. The number of carbonyl (C=O) groups excluding carboxylic acids is 1. The summed E-state index contributed by atoms with van der Waals surface area (Å²) < 4.78 is 0. The summed E-state index contributed by atoms with van der Waals surface area (Å²) in [7, 11) is 0. The Labute approximate surface area is 84.1 Å². The van der Waals surface area contributed by atoms with Gasteiger partial charge < -0.3 is 0 Å². The first-order valence-electron chi connectivity index (χ1n) is 4.86. The Morgan fingerprint density at radius 1 is 1.50 bits per heavy atom. The lowest BCUT2D eigenvalue weighted by Crippen LogP contribution is -2.20. The molecule has 0 N–H and O–H groups in total. The lowest BCUT2D eigenvalue weighted by atomic mass is 10.0. The van der Waals surface area contributed by atoms with Gasteiger partial charge in [0.25, 0.3) is 0 Å². The molecular formula is C10H17NO3. The molecule has 0 aliphatic heterocycles. The van der Waals surface area contributed by atoms with Gasteiger partial charge in [0.15, 0.2) is 5.78 Å². The summed E-state index contributed by atoms with van der Waals surface area (Å²) in [6.45, 7) is 5.13. The normalized spacial score (nSPS) is 13.8. The molecule has 0 aromatic rings. The average Bonchev–Trinajstić information content (AvgIpc) is 2.11. The summed E-state index contributed by atoms with van der Waals surface area (Å²) in [5.41, 5.74) is 0.580. The van der Waals surface area contributed by atoms with E-state index in [-0.39, 0.29) is 17.1 Å². The van der Waals surface area contributed by atoms with Crippen molar-refractivity contribution in [1.82, 2.24) is 0 Å². The van der Waals surface area contributed by atoms with Crippen LogP contribution < -0.4 is 0 Å². The highest BCUT2D eigenvalue weighted by atomic mass is 16.6. The molecule has 0 amide bonds. The van der Waals surface area contributed by atoms with Crippen molar-refractivity contribution in [2.45, 2.75) is 46.1 Å². The Kier molecular flexibility index (Phi) is 5.76. The van der Waals surface area contributed by atoms with E-state index >= 15 is 0 Å². The lowest BCUT2D eigenvalue weighted by Gasteiger charge is -2.07. The number of nitrogens with zero attached hydrogens (tertiary/aromatic N) is 1. The minimum Gasteiger partial charge on any atom is -0.295 e. The molecule has 4 nitrogen and oxygen atoms in total. The third kappa shape index (κ3) is 4.16. The summed E-state index contributed by atoms with van der Waals surface area (Å²) in [6, 6.07) is -0.628. The van der Waals surface area contributed by atoms with Crippen LogP contribution in [0, 0.1) is 10.1 Å². The number of nitro groups is 1. The average molecular weight is 199 g/mol. The third-order valence-electron chi connectivity index (χ3n) is 2.13. The van der Waals surface area contributed by atoms with Crippen LogP contribution in [0.3, 0.4) is 0 Å². The van der Waals surface area contributed by atoms with E-state index < -0.39 is 6.04 Å². The molecule has 1 unspecified atom stereocenters. The number of hydrogen-bond acceptors (Lipinski definition) is 3. The maximum absolute atomic E-state index is 11.1. The van der Waals surface area contributed by atoms with Crippen LogP contribution in [0.1, 0.15) is 40.0 Å². The third-order valence-corrected chi connectivity index (χ3v) is 2.13. The molecular weight excluding hydrogens is 182 g/mol. The van der Waals surface area contributed by atoms with Crippen LogP contribution in [-0.2, 0) is 4.79 Å². The Bertz CT molecular complexity index is 246. The van der Waals surface area contributed by atoms with Gasteiger partial charge in [0, 0.05) is 17.8 Å². The largest absolute Gasteiger partial charge is 0.295 e.